The van der Waals surface area contributed by atoms with Gasteiger partial charge in [-0.2, -0.15) is 0 Å². The Morgan fingerprint density at radius 1 is 1.41 bits per heavy atom. The molecule has 9 heteroatoms. The first kappa shape index (κ1) is 17.0. The Morgan fingerprint density at radius 2 is 2.14 bits per heavy atom. The van der Waals surface area contributed by atoms with Crippen molar-refractivity contribution < 1.29 is 20.1 Å². The van der Waals surface area contributed by atoms with Crippen LogP contribution in [0, 0.1) is 0 Å². The zero-order valence-corrected chi connectivity index (χ0v) is 13.2. The normalized spacial score (nSPS) is 15.9. The number of thioether (sulfide) groups is 1. The molecule has 0 aromatic carbocycles. The van der Waals surface area contributed by atoms with E-state index < -0.39 is 24.9 Å². The first-order valence-corrected chi connectivity index (χ1v) is 7.95. The van der Waals surface area contributed by atoms with Gasteiger partial charge in [-0.3, -0.25) is 0 Å². The van der Waals surface area contributed by atoms with Crippen molar-refractivity contribution in [1.29, 1.82) is 0 Å². The fourth-order valence-electron chi connectivity index (χ4n) is 2.01. The van der Waals surface area contributed by atoms with Gasteiger partial charge in [-0.25, -0.2) is 9.97 Å². The van der Waals surface area contributed by atoms with Crippen LogP contribution in [0.25, 0.3) is 11.0 Å². The standard InChI is InChI=1S/C13H20N4O4S/c1-7(19)10(20)9(5-18)21-6-17-4-3-8-11(14)15-13(22-2)16-12(8)17/h3-4,7,9-10,18-20H,5-6H2,1-2H3,(H2,14,15,16)/t7-,9+,10-/m0/s1. The van der Waals surface area contributed by atoms with Gasteiger partial charge in [-0.05, 0) is 19.2 Å². The molecule has 8 nitrogen and oxygen atoms in total. The van der Waals surface area contributed by atoms with Crippen molar-refractivity contribution >= 4 is 28.6 Å². The Labute approximate surface area is 131 Å². The van der Waals surface area contributed by atoms with Crippen molar-refractivity contribution in [3.63, 3.8) is 0 Å². The molecule has 2 rings (SSSR count). The third-order valence-corrected chi connectivity index (χ3v) is 3.84. The van der Waals surface area contributed by atoms with Crippen LogP contribution in [-0.2, 0) is 11.5 Å². The van der Waals surface area contributed by atoms with Crippen molar-refractivity contribution in [2.24, 2.45) is 0 Å². The van der Waals surface area contributed by atoms with Gasteiger partial charge in [0.15, 0.2) is 5.16 Å². The Morgan fingerprint density at radius 3 is 2.73 bits per heavy atom. The zero-order chi connectivity index (χ0) is 16.3. The maximum Gasteiger partial charge on any atom is 0.191 e. The second-order valence-electron chi connectivity index (χ2n) is 4.87. The number of anilines is 1. The van der Waals surface area contributed by atoms with Gasteiger partial charge < -0.3 is 30.4 Å². The molecule has 0 fully saturated rings. The molecular formula is C13H20N4O4S. The summed E-state index contributed by atoms with van der Waals surface area (Å²) in [5, 5.41) is 29.6. The molecule has 2 heterocycles. The molecule has 0 saturated carbocycles. The second-order valence-corrected chi connectivity index (χ2v) is 5.64. The summed E-state index contributed by atoms with van der Waals surface area (Å²) in [4.78, 5) is 8.54. The van der Waals surface area contributed by atoms with Crippen LogP contribution < -0.4 is 5.73 Å². The van der Waals surface area contributed by atoms with Crippen LogP contribution in [0.2, 0.25) is 0 Å². The van der Waals surface area contributed by atoms with E-state index in [1.165, 1.54) is 18.7 Å². The summed E-state index contributed by atoms with van der Waals surface area (Å²) in [6.07, 6.45) is 0.526. The van der Waals surface area contributed by atoms with Crippen LogP contribution in [0.5, 0.6) is 0 Å². The summed E-state index contributed by atoms with van der Waals surface area (Å²) < 4.78 is 7.17. The predicted octanol–water partition coefficient (Wildman–Crippen LogP) is -0.188. The van der Waals surface area contributed by atoms with Crippen LogP contribution in [-0.4, -0.2) is 61.0 Å². The highest BCUT2D eigenvalue weighted by Crippen LogP contribution is 2.22. The van der Waals surface area contributed by atoms with Gasteiger partial charge in [-0.15, -0.1) is 0 Å². The topological polar surface area (TPSA) is 127 Å². The fraction of sp³-hybridized carbons (Fsp3) is 0.538. The Kier molecular flexibility index (Phi) is 5.59. The molecule has 22 heavy (non-hydrogen) atoms. The van der Waals surface area contributed by atoms with Gasteiger partial charge in [0.1, 0.15) is 30.4 Å². The summed E-state index contributed by atoms with van der Waals surface area (Å²) >= 11 is 1.38. The maximum atomic E-state index is 9.76. The maximum absolute atomic E-state index is 9.76. The molecule has 0 saturated heterocycles. The van der Waals surface area contributed by atoms with Gasteiger partial charge in [0.25, 0.3) is 0 Å². The number of hydrogen-bond acceptors (Lipinski definition) is 8. The molecule has 0 radical (unpaired) electrons. The lowest BCUT2D eigenvalue weighted by atomic mass is 10.1. The molecule has 0 amide bonds. The summed E-state index contributed by atoms with van der Waals surface area (Å²) in [5.41, 5.74) is 6.50. The fourth-order valence-corrected chi connectivity index (χ4v) is 2.38. The highest BCUT2D eigenvalue weighted by molar-refractivity contribution is 7.98. The molecule has 0 unspecified atom stereocenters. The first-order chi connectivity index (χ1) is 10.5. The molecule has 0 aliphatic rings. The van der Waals surface area contributed by atoms with Gasteiger partial charge in [0, 0.05) is 6.20 Å². The largest absolute Gasteiger partial charge is 0.394 e. The number of ether oxygens (including phenoxy) is 1. The molecular weight excluding hydrogens is 308 g/mol. The number of nitrogens with zero attached hydrogens (tertiary/aromatic N) is 3. The van der Waals surface area contributed by atoms with E-state index in [1.54, 1.807) is 16.8 Å². The van der Waals surface area contributed by atoms with E-state index in [1.807, 2.05) is 6.26 Å². The average Bonchev–Trinajstić information content (AvgIpc) is 2.91. The Balaban J connectivity index is 2.19. The number of rotatable bonds is 7. The molecule has 0 bridgehead atoms. The third kappa shape index (κ3) is 3.50. The van der Waals surface area contributed by atoms with Crippen LogP contribution in [0.1, 0.15) is 6.92 Å². The number of fused-ring (bicyclic) bond motifs is 1. The predicted molar refractivity (Wildman–Crippen MR) is 83.4 cm³/mol. The molecule has 0 aliphatic heterocycles. The number of nitrogens with two attached hydrogens (primary N) is 1. The highest BCUT2D eigenvalue weighted by Gasteiger charge is 2.24. The number of aromatic nitrogens is 3. The molecule has 5 N–H and O–H groups in total. The van der Waals surface area contributed by atoms with Crippen molar-refractivity contribution in [2.75, 3.05) is 18.6 Å². The number of aliphatic hydroxyl groups excluding tert-OH is 3. The van der Waals surface area contributed by atoms with Crippen LogP contribution >= 0.6 is 11.8 Å². The smallest absolute Gasteiger partial charge is 0.191 e. The van der Waals surface area contributed by atoms with Gasteiger partial charge in [0.2, 0.25) is 0 Å². The van der Waals surface area contributed by atoms with E-state index in [0.717, 1.165) is 0 Å². The quantitative estimate of drug-likeness (QED) is 0.407. The average molecular weight is 328 g/mol. The SMILES string of the molecule is CSc1nc(N)c2ccn(CO[C@H](CO)[C@@H](O)[C@H](C)O)c2n1. The molecule has 2 aromatic rings. The van der Waals surface area contributed by atoms with Crippen molar-refractivity contribution in [3.05, 3.63) is 12.3 Å². The summed E-state index contributed by atoms with van der Waals surface area (Å²) in [6.45, 7) is 1.08. The lowest BCUT2D eigenvalue weighted by molar-refractivity contribution is -0.119. The summed E-state index contributed by atoms with van der Waals surface area (Å²) in [7, 11) is 0. The lowest BCUT2D eigenvalue weighted by Gasteiger charge is -2.23. The Hall–Kier alpha value is -1.39. The van der Waals surface area contributed by atoms with E-state index >= 15 is 0 Å². The van der Waals surface area contributed by atoms with Gasteiger partial charge in [-0.1, -0.05) is 11.8 Å². The van der Waals surface area contributed by atoms with Crippen LogP contribution in [0.15, 0.2) is 17.4 Å². The van der Waals surface area contributed by atoms with E-state index in [4.69, 9.17) is 10.5 Å². The minimum Gasteiger partial charge on any atom is -0.394 e. The molecule has 3 atom stereocenters. The minimum atomic E-state index is -1.17. The highest BCUT2D eigenvalue weighted by atomic mass is 32.2. The third-order valence-electron chi connectivity index (χ3n) is 3.29. The summed E-state index contributed by atoms with van der Waals surface area (Å²) in [5.74, 6) is 0.385. The van der Waals surface area contributed by atoms with E-state index in [9.17, 15) is 15.3 Å². The van der Waals surface area contributed by atoms with E-state index in [0.29, 0.717) is 22.0 Å². The van der Waals surface area contributed by atoms with Crippen LogP contribution in [0.4, 0.5) is 5.82 Å². The van der Waals surface area contributed by atoms with Crippen molar-refractivity contribution in [1.82, 2.24) is 14.5 Å². The zero-order valence-electron chi connectivity index (χ0n) is 12.4. The lowest BCUT2D eigenvalue weighted by Crippen LogP contribution is -2.40. The van der Waals surface area contributed by atoms with E-state index in [-0.39, 0.29) is 6.73 Å². The molecule has 0 spiro atoms. The monoisotopic (exact) mass is 328 g/mol. The van der Waals surface area contributed by atoms with Crippen molar-refractivity contribution in [2.45, 2.75) is 37.1 Å². The number of nitrogen functional groups attached to an aromatic ring is 1. The minimum absolute atomic E-state index is 0.0583. The second kappa shape index (κ2) is 7.25. The number of hydrogen-bond donors (Lipinski definition) is 4. The molecule has 2 aromatic heterocycles. The van der Waals surface area contributed by atoms with Gasteiger partial charge >= 0.3 is 0 Å². The number of aliphatic hydroxyl groups is 3. The van der Waals surface area contributed by atoms with E-state index in [2.05, 4.69) is 9.97 Å². The van der Waals surface area contributed by atoms with Gasteiger partial charge in [0.05, 0.1) is 18.1 Å². The molecule has 122 valence electrons. The molecule has 0 aliphatic carbocycles. The van der Waals surface area contributed by atoms with Crippen molar-refractivity contribution in [3.8, 4) is 0 Å². The van der Waals surface area contributed by atoms with Crippen LogP contribution in [0.3, 0.4) is 0 Å². The first-order valence-electron chi connectivity index (χ1n) is 6.72. The summed E-state index contributed by atoms with van der Waals surface area (Å²) in [6, 6.07) is 1.77. The Bertz CT molecular complexity index is 634.